The Labute approximate surface area is 228 Å². The van der Waals surface area contributed by atoms with Crippen LogP contribution in [-0.2, 0) is 28.8 Å². The van der Waals surface area contributed by atoms with E-state index in [9.17, 15) is 33.9 Å². The Morgan fingerprint density at radius 1 is 0.872 bits per heavy atom. The Morgan fingerprint density at radius 2 is 1.46 bits per heavy atom. The second kappa shape index (κ2) is 18.5. The summed E-state index contributed by atoms with van der Waals surface area (Å²) in [6, 6.07) is -4.51. The van der Waals surface area contributed by atoms with Gasteiger partial charge in [0.05, 0.1) is 25.0 Å². The smallest absolute Gasteiger partial charge is 0.305 e. The van der Waals surface area contributed by atoms with E-state index < -0.39 is 66.7 Å². The van der Waals surface area contributed by atoms with Crippen molar-refractivity contribution < 1.29 is 33.9 Å². The highest BCUT2D eigenvalue weighted by atomic mass is 16.4. The number of nitrogens with one attached hydrogen (secondary N) is 6. The number of guanidine groups is 1. The lowest BCUT2D eigenvalue weighted by Gasteiger charge is -2.24. The summed E-state index contributed by atoms with van der Waals surface area (Å²) >= 11 is 0. The van der Waals surface area contributed by atoms with E-state index in [1.165, 1.54) is 0 Å². The maximum Gasteiger partial charge on any atom is 0.305 e. The van der Waals surface area contributed by atoms with Crippen molar-refractivity contribution in [3.63, 3.8) is 0 Å². The van der Waals surface area contributed by atoms with Crippen molar-refractivity contribution in [1.82, 2.24) is 26.6 Å². The number of carboxylic acid groups (broad SMARTS) is 1. The van der Waals surface area contributed by atoms with Crippen LogP contribution in [0.25, 0.3) is 0 Å². The van der Waals surface area contributed by atoms with E-state index >= 15 is 0 Å². The van der Waals surface area contributed by atoms with Crippen molar-refractivity contribution in [2.75, 3.05) is 13.1 Å². The number of hydrogen-bond donors (Lipinski definition) is 9. The summed E-state index contributed by atoms with van der Waals surface area (Å²) in [5, 5.41) is 28.5. The van der Waals surface area contributed by atoms with Gasteiger partial charge in [-0.2, -0.15) is 0 Å². The van der Waals surface area contributed by atoms with E-state index in [0.717, 1.165) is 0 Å². The van der Waals surface area contributed by atoms with Gasteiger partial charge in [0.1, 0.15) is 12.1 Å². The second-order valence-corrected chi connectivity index (χ2v) is 10.0. The number of nitrogens with two attached hydrogens (primary N) is 2. The quantitative estimate of drug-likeness (QED) is 0.0473. The number of aliphatic carboxylic acids is 1. The van der Waals surface area contributed by atoms with Gasteiger partial charge in [0.25, 0.3) is 0 Å². The molecule has 0 aromatic heterocycles. The van der Waals surface area contributed by atoms with Crippen molar-refractivity contribution in [2.24, 2.45) is 23.3 Å². The van der Waals surface area contributed by atoms with Crippen LogP contribution < -0.4 is 38.1 Å². The van der Waals surface area contributed by atoms with Crippen LogP contribution in [0.2, 0.25) is 0 Å². The summed E-state index contributed by atoms with van der Waals surface area (Å²) in [6.07, 6.45) is 2.12. The molecule has 221 valence electrons. The molecule has 0 fully saturated rings. The van der Waals surface area contributed by atoms with E-state index in [-0.39, 0.29) is 37.1 Å². The number of hydrogen-bond acceptors (Lipinski definition) is 8. The average Bonchev–Trinajstić information content (AvgIpc) is 2.82. The van der Waals surface area contributed by atoms with Crippen molar-refractivity contribution in [2.45, 2.75) is 84.0 Å². The zero-order valence-electron chi connectivity index (χ0n) is 23.0. The van der Waals surface area contributed by atoms with E-state index in [1.54, 1.807) is 20.1 Å². The fourth-order valence-corrected chi connectivity index (χ4v) is 3.46. The summed E-state index contributed by atoms with van der Waals surface area (Å²) in [5.41, 5.74) is 11.0. The average molecular weight is 556 g/mol. The fourth-order valence-electron chi connectivity index (χ4n) is 3.46. The van der Waals surface area contributed by atoms with Crippen molar-refractivity contribution in [1.29, 1.82) is 5.41 Å². The molecule has 0 aliphatic carbocycles. The monoisotopic (exact) mass is 555 g/mol. The highest BCUT2D eigenvalue weighted by Gasteiger charge is 2.30. The first-order chi connectivity index (χ1) is 18.2. The lowest BCUT2D eigenvalue weighted by Crippen LogP contribution is -2.56. The topological polar surface area (TPSA) is 259 Å². The largest absolute Gasteiger partial charge is 0.481 e. The molecule has 1 radical (unpaired) electrons. The van der Waals surface area contributed by atoms with E-state index in [2.05, 4.69) is 26.6 Å². The van der Waals surface area contributed by atoms with Gasteiger partial charge >= 0.3 is 5.97 Å². The van der Waals surface area contributed by atoms with Crippen LogP contribution in [0.1, 0.15) is 59.8 Å². The van der Waals surface area contributed by atoms with Gasteiger partial charge in [-0.15, -0.1) is 0 Å². The highest BCUT2D eigenvalue weighted by molar-refractivity contribution is 5.95. The van der Waals surface area contributed by atoms with E-state index in [0.29, 0.717) is 13.0 Å². The molecule has 4 amide bonds. The molecule has 0 spiro atoms. The summed E-state index contributed by atoms with van der Waals surface area (Å²) in [5.74, 6) is -4.52. The molecule has 11 N–H and O–H groups in total. The van der Waals surface area contributed by atoms with Gasteiger partial charge in [-0.25, -0.2) is 0 Å². The molecule has 39 heavy (non-hydrogen) atoms. The summed E-state index contributed by atoms with van der Waals surface area (Å²) < 4.78 is 0. The van der Waals surface area contributed by atoms with Gasteiger partial charge in [-0.3, -0.25) is 34.2 Å². The molecule has 0 rings (SSSR count). The lowest BCUT2D eigenvalue weighted by atomic mass is 10.0. The number of rotatable bonds is 19. The first kappa shape index (κ1) is 35.2. The predicted molar refractivity (Wildman–Crippen MR) is 143 cm³/mol. The van der Waals surface area contributed by atoms with Crippen LogP contribution in [0.5, 0.6) is 0 Å². The lowest BCUT2D eigenvalue weighted by molar-refractivity contribution is -0.141. The Bertz CT molecular complexity index is 865. The van der Waals surface area contributed by atoms with Crippen molar-refractivity contribution in [3.8, 4) is 0 Å². The van der Waals surface area contributed by atoms with Crippen LogP contribution in [0.3, 0.4) is 0 Å². The van der Waals surface area contributed by atoms with Gasteiger partial charge in [0, 0.05) is 6.54 Å². The SMILES string of the molecule is CC(C)C[C@@H]([C]=O)NC(=O)[C@H](CC(=O)O)NC(=O)[C@H](CC(C)C)NC(=O)CNC(=O)[C@@H](N)CCCNC(=N)N. The molecule has 15 heteroatoms. The zero-order valence-corrected chi connectivity index (χ0v) is 23.0. The second-order valence-electron chi connectivity index (χ2n) is 10.0. The standard InChI is InChI=1S/C24H43N8O7/c1-13(2)8-15(12-33)30-22(38)18(10-20(35)36)32-23(39)17(9-14(3)4)31-19(34)11-29-21(37)16(25)6-5-7-28-24(26)27/h13-18H,5-11,25H2,1-4H3,(H,29,37)(H,30,38)(H,31,34)(H,32,39)(H,35,36)(H4,26,27,28)/t15-,16-,17-,18-/m0/s1. The molecule has 15 nitrogen and oxygen atoms in total. The highest BCUT2D eigenvalue weighted by Crippen LogP contribution is 2.07. The first-order valence-corrected chi connectivity index (χ1v) is 12.8. The minimum Gasteiger partial charge on any atom is -0.481 e. The van der Waals surface area contributed by atoms with Gasteiger partial charge in [-0.1, -0.05) is 27.7 Å². The van der Waals surface area contributed by atoms with E-state index in [4.69, 9.17) is 16.9 Å². The van der Waals surface area contributed by atoms with Gasteiger partial charge in [-0.05, 0) is 37.5 Å². The molecule has 0 unspecified atom stereocenters. The zero-order chi connectivity index (χ0) is 30.1. The maximum absolute atomic E-state index is 13.0. The van der Waals surface area contributed by atoms with Crippen molar-refractivity contribution >= 4 is 41.8 Å². The molecule has 0 saturated carbocycles. The van der Waals surface area contributed by atoms with Crippen LogP contribution in [-0.4, -0.2) is 84.2 Å². The number of carbonyl (C=O) groups excluding carboxylic acids is 5. The fraction of sp³-hybridized carbons (Fsp3) is 0.708. The molecule has 0 aliphatic rings. The minimum atomic E-state index is -1.50. The molecule has 0 bridgehead atoms. The summed E-state index contributed by atoms with van der Waals surface area (Å²) in [4.78, 5) is 72.8. The van der Waals surface area contributed by atoms with Crippen LogP contribution in [0.4, 0.5) is 0 Å². The molecule has 0 heterocycles. The third-order valence-corrected chi connectivity index (χ3v) is 5.30. The van der Waals surface area contributed by atoms with Crippen LogP contribution in [0, 0.1) is 17.2 Å². The third kappa shape index (κ3) is 16.7. The Kier molecular flexibility index (Phi) is 16.7. The first-order valence-electron chi connectivity index (χ1n) is 12.8. The summed E-state index contributed by atoms with van der Waals surface area (Å²) in [7, 11) is 0. The van der Waals surface area contributed by atoms with Gasteiger partial charge in [0.2, 0.25) is 29.9 Å². The Hall–Kier alpha value is -3.75. The molecule has 0 aliphatic heterocycles. The Balaban J connectivity index is 5.17. The maximum atomic E-state index is 13.0. The Morgan fingerprint density at radius 3 is 1.97 bits per heavy atom. The number of carbonyl (C=O) groups is 5. The summed E-state index contributed by atoms with van der Waals surface area (Å²) in [6.45, 7) is 7.14. The minimum absolute atomic E-state index is 0.0497. The molecule has 4 atom stereocenters. The van der Waals surface area contributed by atoms with Crippen LogP contribution in [0.15, 0.2) is 0 Å². The molecular formula is C24H43N8O7. The van der Waals surface area contributed by atoms with Crippen molar-refractivity contribution in [3.05, 3.63) is 0 Å². The van der Waals surface area contributed by atoms with Gasteiger partial charge in [0.15, 0.2) is 5.96 Å². The number of amides is 4. The van der Waals surface area contributed by atoms with Crippen LogP contribution >= 0.6 is 0 Å². The molecular weight excluding hydrogens is 512 g/mol. The van der Waals surface area contributed by atoms with Gasteiger partial charge < -0.3 is 43.2 Å². The third-order valence-electron chi connectivity index (χ3n) is 5.30. The number of carboxylic acids is 1. The molecule has 0 aromatic rings. The molecule has 0 aromatic carbocycles. The normalized spacial score (nSPS) is 13.9. The van der Waals surface area contributed by atoms with E-state index in [1.807, 2.05) is 13.8 Å². The predicted octanol–water partition coefficient (Wildman–Crippen LogP) is -2.18. The molecule has 0 saturated heterocycles.